The molecule has 0 aromatic heterocycles. The Morgan fingerprint density at radius 1 is 1.42 bits per heavy atom. The summed E-state index contributed by atoms with van der Waals surface area (Å²) in [5, 5.41) is 16.8. The molecule has 0 saturated heterocycles. The molecule has 4 nitrogen and oxygen atoms in total. The van der Waals surface area contributed by atoms with E-state index in [1.807, 2.05) is 18.2 Å². The average Bonchev–Trinajstić information content (AvgIpc) is 2.40. The van der Waals surface area contributed by atoms with Crippen LogP contribution in [0.15, 0.2) is 23.1 Å². The Kier molecular flexibility index (Phi) is 6.73. The lowest BCUT2D eigenvalue weighted by Crippen LogP contribution is -2.28. The molecule has 0 amide bonds. The second-order valence-corrected chi connectivity index (χ2v) is 5.46. The van der Waals surface area contributed by atoms with Gasteiger partial charge in [0.1, 0.15) is 5.84 Å². The minimum atomic E-state index is 0.106. The van der Waals surface area contributed by atoms with E-state index in [0.717, 1.165) is 41.4 Å². The molecule has 0 radical (unpaired) electrons. The standard InChI is InChI=1S/C14H23N3OS/c1-3-17(9-6-10-18)11-7-5-8-12(19-4-2)13(11)14(15)16/h5,7-8,18H,3-4,6,9-10H2,1-2H3,(H3,15,16). The number of nitrogen functional groups attached to an aromatic ring is 1. The van der Waals surface area contributed by atoms with Crippen LogP contribution in [0.4, 0.5) is 5.69 Å². The first-order valence-corrected chi connectivity index (χ1v) is 7.60. The molecule has 0 bridgehead atoms. The lowest BCUT2D eigenvalue weighted by Gasteiger charge is -2.26. The number of aliphatic hydroxyl groups excluding tert-OH is 1. The number of nitrogens with two attached hydrogens (primary N) is 1. The maximum atomic E-state index is 8.98. The van der Waals surface area contributed by atoms with Crippen LogP contribution in [0, 0.1) is 5.41 Å². The third kappa shape index (κ3) is 4.14. The van der Waals surface area contributed by atoms with Crippen LogP contribution in [0.3, 0.4) is 0 Å². The molecule has 5 heteroatoms. The van der Waals surface area contributed by atoms with Crippen molar-refractivity contribution in [2.45, 2.75) is 25.2 Å². The second kappa shape index (κ2) is 8.07. The van der Waals surface area contributed by atoms with Crippen molar-refractivity contribution in [3.63, 3.8) is 0 Å². The maximum Gasteiger partial charge on any atom is 0.126 e. The van der Waals surface area contributed by atoms with Crippen molar-refractivity contribution in [3.8, 4) is 0 Å². The summed E-state index contributed by atoms with van der Waals surface area (Å²) in [5.41, 5.74) is 7.56. The number of hydrogen-bond donors (Lipinski definition) is 3. The lowest BCUT2D eigenvalue weighted by molar-refractivity contribution is 0.289. The SMILES string of the molecule is CCSc1cccc(N(CC)CCCO)c1C(=N)N. The van der Waals surface area contributed by atoms with Crippen LogP contribution < -0.4 is 10.6 Å². The van der Waals surface area contributed by atoms with Crippen molar-refractivity contribution in [1.29, 1.82) is 5.41 Å². The van der Waals surface area contributed by atoms with Gasteiger partial charge in [-0.1, -0.05) is 13.0 Å². The Bertz CT molecular complexity index is 423. The summed E-state index contributed by atoms with van der Waals surface area (Å²) < 4.78 is 0. The van der Waals surface area contributed by atoms with Crippen LogP contribution in [0.5, 0.6) is 0 Å². The molecule has 1 aromatic rings. The first kappa shape index (κ1) is 15.9. The molecule has 0 aliphatic carbocycles. The van der Waals surface area contributed by atoms with E-state index >= 15 is 0 Å². The highest BCUT2D eigenvalue weighted by Crippen LogP contribution is 2.30. The van der Waals surface area contributed by atoms with Gasteiger partial charge in [0.25, 0.3) is 0 Å². The molecule has 4 N–H and O–H groups in total. The lowest BCUT2D eigenvalue weighted by atomic mass is 10.1. The second-order valence-electron chi connectivity index (χ2n) is 4.15. The topological polar surface area (TPSA) is 73.3 Å². The quantitative estimate of drug-likeness (QED) is 0.388. The predicted molar refractivity (Wildman–Crippen MR) is 83.4 cm³/mol. The monoisotopic (exact) mass is 281 g/mol. The first-order valence-electron chi connectivity index (χ1n) is 6.61. The van der Waals surface area contributed by atoms with Gasteiger partial charge in [0.05, 0.1) is 5.56 Å². The van der Waals surface area contributed by atoms with Crippen LogP contribution in [-0.4, -0.2) is 36.4 Å². The third-order valence-electron chi connectivity index (χ3n) is 2.88. The number of nitrogens with one attached hydrogen (secondary N) is 1. The maximum absolute atomic E-state index is 8.98. The molecule has 0 aliphatic rings. The third-order valence-corrected chi connectivity index (χ3v) is 3.82. The summed E-state index contributed by atoms with van der Waals surface area (Å²) in [6, 6.07) is 6.01. The highest BCUT2D eigenvalue weighted by atomic mass is 32.2. The summed E-state index contributed by atoms with van der Waals surface area (Å²) in [6.07, 6.45) is 0.719. The molecule has 1 aromatic carbocycles. The fourth-order valence-corrected chi connectivity index (χ4v) is 2.88. The Hall–Kier alpha value is -1.20. The Morgan fingerprint density at radius 3 is 2.68 bits per heavy atom. The van der Waals surface area contributed by atoms with Crippen molar-refractivity contribution in [2.75, 3.05) is 30.3 Å². The van der Waals surface area contributed by atoms with Gasteiger partial charge in [0.15, 0.2) is 0 Å². The zero-order valence-electron chi connectivity index (χ0n) is 11.6. The number of anilines is 1. The zero-order valence-corrected chi connectivity index (χ0v) is 12.5. The van der Waals surface area contributed by atoms with Gasteiger partial charge in [-0.05, 0) is 31.2 Å². The minimum Gasteiger partial charge on any atom is -0.396 e. The predicted octanol–water partition coefficient (Wildman–Crippen LogP) is 2.29. The van der Waals surface area contributed by atoms with Crippen LogP contribution in [0.2, 0.25) is 0 Å². The van der Waals surface area contributed by atoms with E-state index in [9.17, 15) is 0 Å². The summed E-state index contributed by atoms with van der Waals surface area (Å²) >= 11 is 1.70. The van der Waals surface area contributed by atoms with Gasteiger partial charge >= 0.3 is 0 Å². The summed E-state index contributed by atoms with van der Waals surface area (Å²) in [6.45, 7) is 5.94. The van der Waals surface area contributed by atoms with Crippen molar-refractivity contribution < 1.29 is 5.11 Å². The zero-order chi connectivity index (χ0) is 14.3. The van der Waals surface area contributed by atoms with Gasteiger partial charge in [-0.15, -0.1) is 11.8 Å². The largest absolute Gasteiger partial charge is 0.396 e. The molecule has 0 spiro atoms. The van der Waals surface area contributed by atoms with Crippen LogP contribution >= 0.6 is 11.8 Å². The average molecular weight is 281 g/mol. The van der Waals surface area contributed by atoms with Crippen LogP contribution in [0.25, 0.3) is 0 Å². The van der Waals surface area contributed by atoms with Gasteiger partial charge in [-0.2, -0.15) is 0 Å². The van der Waals surface area contributed by atoms with E-state index in [-0.39, 0.29) is 12.4 Å². The highest BCUT2D eigenvalue weighted by molar-refractivity contribution is 7.99. The fraction of sp³-hybridized carbons (Fsp3) is 0.500. The van der Waals surface area contributed by atoms with E-state index < -0.39 is 0 Å². The number of thioether (sulfide) groups is 1. The van der Waals surface area contributed by atoms with Gasteiger partial charge < -0.3 is 15.7 Å². The first-order chi connectivity index (χ1) is 9.15. The van der Waals surface area contributed by atoms with Crippen molar-refractivity contribution in [2.24, 2.45) is 5.73 Å². The molecule has 0 aliphatic heterocycles. The number of aliphatic hydroxyl groups is 1. The van der Waals surface area contributed by atoms with Gasteiger partial charge in [-0.25, -0.2) is 0 Å². The summed E-state index contributed by atoms with van der Waals surface area (Å²) in [7, 11) is 0. The highest BCUT2D eigenvalue weighted by Gasteiger charge is 2.15. The molecular formula is C14H23N3OS. The van der Waals surface area contributed by atoms with E-state index in [4.69, 9.17) is 16.2 Å². The van der Waals surface area contributed by atoms with Crippen molar-refractivity contribution in [1.82, 2.24) is 0 Å². The Balaban J connectivity index is 3.16. The summed E-state index contributed by atoms with van der Waals surface area (Å²) in [4.78, 5) is 3.21. The molecule has 1 rings (SSSR count). The number of benzene rings is 1. The molecule has 0 atom stereocenters. The number of hydrogen-bond acceptors (Lipinski definition) is 4. The molecule has 0 heterocycles. The van der Waals surface area contributed by atoms with E-state index in [1.54, 1.807) is 11.8 Å². The fourth-order valence-electron chi connectivity index (χ4n) is 2.04. The molecular weight excluding hydrogens is 258 g/mol. The smallest absolute Gasteiger partial charge is 0.126 e. The van der Waals surface area contributed by atoms with Crippen LogP contribution in [0.1, 0.15) is 25.8 Å². The van der Waals surface area contributed by atoms with Gasteiger partial charge in [-0.3, -0.25) is 5.41 Å². The minimum absolute atomic E-state index is 0.106. The van der Waals surface area contributed by atoms with Gasteiger partial charge in [0.2, 0.25) is 0 Å². The normalized spacial score (nSPS) is 10.5. The summed E-state index contributed by atoms with van der Waals surface area (Å²) in [5.74, 6) is 1.06. The molecule has 0 saturated carbocycles. The number of nitrogens with zero attached hydrogens (tertiary/aromatic N) is 1. The van der Waals surface area contributed by atoms with Crippen LogP contribution in [-0.2, 0) is 0 Å². The number of amidine groups is 1. The van der Waals surface area contributed by atoms with Gasteiger partial charge in [0, 0.05) is 30.3 Å². The van der Waals surface area contributed by atoms with E-state index in [0.29, 0.717) is 0 Å². The Morgan fingerprint density at radius 2 is 2.16 bits per heavy atom. The molecule has 19 heavy (non-hydrogen) atoms. The molecule has 106 valence electrons. The van der Waals surface area contributed by atoms with E-state index in [2.05, 4.69) is 18.7 Å². The molecule has 0 fully saturated rings. The molecule has 0 unspecified atom stereocenters. The number of rotatable bonds is 8. The Labute approximate surface area is 119 Å². The van der Waals surface area contributed by atoms with E-state index in [1.165, 1.54) is 0 Å². The van der Waals surface area contributed by atoms with Crippen molar-refractivity contribution >= 4 is 23.3 Å². The van der Waals surface area contributed by atoms with Crippen molar-refractivity contribution in [3.05, 3.63) is 23.8 Å².